The Labute approximate surface area is 204 Å². The van der Waals surface area contributed by atoms with E-state index in [9.17, 15) is 19.6 Å². The molecule has 1 aliphatic carbocycles. The molecule has 0 radical (unpaired) electrons. The smallest absolute Gasteiger partial charge is 0.255 e. The quantitative estimate of drug-likeness (QED) is 0.626. The number of imide groups is 1. The van der Waals surface area contributed by atoms with Crippen LogP contribution < -0.4 is 15.4 Å². The fraction of sp³-hybridized carbons (Fsp3) is 0.407. The molecule has 2 aromatic rings. The van der Waals surface area contributed by atoms with Gasteiger partial charge in [0.2, 0.25) is 11.8 Å². The Hall–Kier alpha value is -3.70. The van der Waals surface area contributed by atoms with Crippen LogP contribution in [-0.2, 0) is 22.7 Å². The highest BCUT2D eigenvalue weighted by molar-refractivity contribution is 6.05. The van der Waals surface area contributed by atoms with E-state index < -0.39 is 11.9 Å². The minimum atomic E-state index is -0.625. The van der Waals surface area contributed by atoms with Gasteiger partial charge >= 0.3 is 0 Å². The lowest BCUT2D eigenvalue weighted by Gasteiger charge is -2.33. The summed E-state index contributed by atoms with van der Waals surface area (Å²) in [5, 5.41) is 15.3. The summed E-state index contributed by atoms with van der Waals surface area (Å²) < 4.78 is 6.41. The van der Waals surface area contributed by atoms with Crippen LogP contribution in [0.5, 0.6) is 5.75 Å². The van der Waals surface area contributed by atoms with Crippen molar-refractivity contribution in [2.45, 2.75) is 69.8 Å². The summed E-state index contributed by atoms with van der Waals surface area (Å²) in [5.41, 5.74) is 3.06. The number of amides is 3. The van der Waals surface area contributed by atoms with Gasteiger partial charge in [-0.25, -0.2) is 0 Å². The van der Waals surface area contributed by atoms with Crippen molar-refractivity contribution >= 4 is 17.7 Å². The first-order valence-electron chi connectivity index (χ1n) is 12.2. The summed E-state index contributed by atoms with van der Waals surface area (Å²) in [6.45, 7) is 0.933. The van der Waals surface area contributed by atoms with Gasteiger partial charge in [-0.05, 0) is 61.1 Å². The predicted octanol–water partition coefficient (Wildman–Crippen LogP) is 2.80. The third-order valence-electron chi connectivity index (χ3n) is 7.18. The highest BCUT2D eigenvalue weighted by atomic mass is 16.5. The minimum Gasteiger partial charge on any atom is -0.489 e. The predicted molar refractivity (Wildman–Crippen MR) is 127 cm³/mol. The number of hydrogen-bond acceptors (Lipinski definition) is 6. The Morgan fingerprint density at radius 2 is 1.91 bits per heavy atom. The zero-order valence-electron chi connectivity index (χ0n) is 19.5. The summed E-state index contributed by atoms with van der Waals surface area (Å²) >= 11 is 0. The van der Waals surface area contributed by atoms with E-state index in [0.29, 0.717) is 36.4 Å². The molecule has 3 atom stereocenters. The highest BCUT2D eigenvalue weighted by Crippen LogP contribution is 2.32. The van der Waals surface area contributed by atoms with Crippen LogP contribution in [0.25, 0.3) is 0 Å². The molecule has 0 bridgehead atoms. The first-order valence-corrected chi connectivity index (χ1v) is 12.2. The zero-order chi connectivity index (χ0) is 24.4. The molecule has 2 aliphatic heterocycles. The number of piperidine rings is 1. The van der Waals surface area contributed by atoms with Crippen LogP contribution >= 0.6 is 0 Å². The molecular formula is C27H28N4O4. The molecule has 0 spiro atoms. The van der Waals surface area contributed by atoms with E-state index in [1.807, 2.05) is 36.4 Å². The molecular weight excluding hydrogens is 444 g/mol. The number of carbonyl (C=O) groups is 3. The molecule has 8 nitrogen and oxygen atoms in total. The van der Waals surface area contributed by atoms with Gasteiger partial charge in [0.05, 0.1) is 11.6 Å². The molecule has 2 aromatic carbocycles. The fourth-order valence-corrected chi connectivity index (χ4v) is 5.29. The Balaban J connectivity index is 1.26. The number of carbonyl (C=O) groups excluding carboxylic acids is 3. The molecule has 2 N–H and O–H groups in total. The Morgan fingerprint density at radius 3 is 2.74 bits per heavy atom. The molecule has 180 valence electrons. The van der Waals surface area contributed by atoms with E-state index >= 15 is 0 Å². The summed E-state index contributed by atoms with van der Waals surface area (Å²) in [6, 6.07) is 14.9. The zero-order valence-corrected chi connectivity index (χ0v) is 19.5. The summed E-state index contributed by atoms with van der Waals surface area (Å²) in [7, 11) is 0. The van der Waals surface area contributed by atoms with E-state index in [1.165, 1.54) is 0 Å². The van der Waals surface area contributed by atoms with Gasteiger partial charge in [0, 0.05) is 31.1 Å². The molecule has 2 fully saturated rings. The van der Waals surface area contributed by atoms with Crippen molar-refractivity contribution in [2.75, 3.05) is 0 Å². The van der Waals surface area contributed by atoms with Crippen LogP contribution in [-0.4, -0.2) is 40.8 Å². The maximum Gasteiger partial charge on any atom is 0.255 e. The SMILES string of the molecule is N#Cc1ccccc1CN[C@H]1CCCC[C@@H]1Oc1ccc2c(c1)CN(C1CCC(=O)NC1=O)C2=O. The monoisotopic (exact) mass is 472 g/mol. The average molecular weight is 473 g/mol. The molecule has 1 saturated carbocycles. The molecule has 1 saturated heterocycles. The maximum atomic E-state index is 12.9. The molecule has 2 heterocycles. The normalized spacial score (nSPS) is 24.0. The Morgan fingerprint density at radius 1 is 1.09 bits per heavy atom. The lowest BCUT2D eigenvalue weighted by atomic mass is 9.92. The van der Waals surface area contributed by atoms with Crippen molar-refractivity contribution in [2.24, 2.45) is 0 Å². The third kappa shape index (κ3) is 4.77. The van der Waals surface area contributed by atoms with Crippen LogP contribution in [0.2, 0.25) is 0 Å². The first kappa shape index (κ1) is 23.1. The molecule has 3 aliphatic rings. The van der Waals surface area contributed by atoms with Gasteiger partial charge in [0.15, 0.2) is 0 Å². The van der Waals surface area contributed by atoms with Crippen LogP contribution in [0.3, 0.4) is 0 Å². The van der Waals surface area contributed by atoms with Gasteiger partial charge in [0.25, 0.3) is 5.91 Å². The molecule has 1 unspecified atom stereocenters. The topological polar surface area (TPSA) is 112 Å². The van der Waals surface area contributed by atoms with Gasteiger partial charge in [-0.2, -0.15) is 5.26 Å². The second-order valence-electron chi connectivity index (χ2n) is 9.42. The van der Waals surface area contributed by atoms with Gasteiger partial charge in [-0.3, -0.25) is 19.7 Å². The van der Waals surface area contributed by atoms with Crippen LogP contribution in [0, 0.1) is 11.3 Å². The van der Waals surface area contributed by atoms with Gasteiger partial charge in [-0.15, -0.1) is 0 Å². The summed E-state index contributed by atoms with van der Waals surface area (Å²) in [4.78, 5) is 38.3. The lowest BCUT2D eigenvalue weighted by molar-refractivity contribution is -0.136. The van der Waals surface area contributed by atoms with E-state index in [4.69, 9.17) is 4.74 Å². The highest BCUT2D eigenvalue weighted by Gasteiger charge is 2.39. The van der Waals surface area contributed by atoms with Crippen molar-refractivity contribution in [3.8, 4) is 11.8 Å². The van der Waals surface area contributed by atoms with E-state index in [-0.39, 0.29) is 30.4 Å². The lowest BCUT2D eigenvalue weighted by Crippen LogP contribution is -2.52. The molecule has 0 aromatic heterocycles. The summed E-state index contributed by atoms with van der Waals surface area (Å²) in [6.07, 6.45) is 4.70. The molecule has 8 heteroatoms. The van der Waals surface area contributed by atoms with E-state index in [2.05, 4.69) is 16.7 Å². The standard InChI is InChI=1S/C27H28N4O4/c28-14-17-5-1-2-6-18(17)15-29-22-7-3-4-8-24(22)35-20-9-10-21-19(13-20)16-31(27(21)34)23-11-12-25(32)30-26(23)33/h1-2,5-6,9-10,13,22-24,29H,3-4,7-8,11-12,15-16H2,(H,30,32,33)/t22-,23?,24-/m0/s1. The van der Waals surface area contributed by atoms with Crippen molar-refractivity contribution in [1.29, 1.82) is 5.26 Å². The molecule has 5 rings (SSSR count). The summed E-state index contributed by atoms with van der Waals surface area (Å²) in [5.74, 6) is -0.182. The average Bonchev–Trinajstić information content (AvgIpc) is 3.19. The van der Waals surface area contributed by atoms with Crippen molar-refractivity contribution in [3.63, 3.8) is 0 Å². The third-order valence-corrected chi connectivity index (χ3v) is 7.18. The van der Waals surface area contributed by atoms with E-state index in [1.54, 1.807) is 11.0 Å². The first-order chi connectivity index (χ1) is 17.0. The number of benzene rings is 2. The van der Waals surface area contributed by atoms with Crippen LogP contribution in [0.1, 0.15) is 65.6 Å². The number of nitrogens with one attached hydrogen (secondary N) is 2. The fourth-order valence-electron chi connectivity index (χ4n) is 5.29. The van der Waals surface area contributed by atoms with E-state index in [0.717, 1.165) is 36.8 Å². The number of ether oxygens (including phenoxy) is 1. The Bertz CT molecular complexity index is 1200. The largest absolute Gasteiger partial charge is 0.489 e. The number of nitriles is 1. The second-order valence-corrected chi connectivity index (χ2v) is 9.42. The van der Waals surface area contributed by atoms with Crippen LogP contribution in [0.15, 0.2) is 42.5 Å². The number of nitrogens with zero attached hydrogens (tertiary/aromatic N) is 2. The Kier molecular flexibility index (Phi) is 6.51. The van der Waals surface area contributed by atoms with Gasteiger partial charge in [-0.1, -0.05) is 24.6 Å². The maximum absolute atomic E-state index is 12.9. The van der Waals surface area contributed by atoms with Gasteiger partial charge in [0.1, 0.15) is 17.9 Å². The van der Waals surface area contributed by atoms with Crippen molar-refractivity contribution in [3.05, 3.63) is 64.7 Å². The minimum absolute atomic E-state index is 0.0145. The van der Waals surface area contributed by atoms with Gasteiger partial charge < -0.3 is 15.0 Å². The van der Waals surface area contributed by atoms with Crippen molar-refractivity contribution in [1.82, 2.24) is 15.5 Å². The van der Waals surface area contributed by atoms with Crippen LogP contribution in [0.4, 0.5) is 0 Å². The second kappa shape index (κ2) is 9.88. The number of rotatable bonds is 6. The number of hydrogen-bond donors (Lipinski definition) is 2. The van der Waals surface area contributed by atoms with Crippen molar-refractivity contribution < 1.29 is 19.1 Å². The molecule has 35 heavy (non-hydrogen) atoms. The number of fused-ring (bicyclic) bond motifs is 1. The molecule has 3 amide bonds.